The zero-order chi connectivity index (χ0) is 14.0. The van der Waals surface area contributed by atoms with E-state index in [-0.39, 0.29) is 0 Å². The first-order valence-corrected chi connectivity index (χ1v) is 11.0. The van der Waals surface area contributed by atoms with Gasteiger partial charge in [0.15, 0.2) is 0 Å². The zero-order valence-electron chi connectivity index (χ0n) is 8.22. The summed E-state index contributed by atoms with van der Waals surface area (Å²) in [5.41, 5.74) is 0. The van der Waals surface area contributed by atoms with Crippen molar-refractivity contribution in [1.82, 2.24) is 0 Å². The number of rotatable bonds is 8. The molecule has 0 aliphatic heterocycles. The molecule has 0 aromatic heterocycles. The van der Waals surface area contributed by atoms with Crippen LogP contribution in [-0.2, 0) is 48.4 Å². The van der Waals surface area contributed by atoms with Crippen molar-refractivity contribution in [2.24, 2.45) is 0 Å². The van der Waals surface area contributed by atoms with Crippen LogP contribution in [0.3, 0.4) is 0 Å². The van der Waals surface area contributed by atoms with Crippen molar-refractivity contribution >= 4 is 39.0 Å². The van der Waals surface area contributed by atoms with Crippen LogP contribution in [0.4, 0.5) is 0 Å². The Morgan fingerprint density at radius 1 is 0.353 bits per heavy atom. The van der Waals surface area contributed by atoms with Crippen molar-refractivity contribution in [2.45, 2.75) is 0 Å². The Bertz CT molecular complexity index is 392. The van der Waals surface area contributed by atoms with Crippen LogP contribution < -0.4 is 0 Å². The minimum atomic E-state index is -9.04. The molecular formula is C8H8O8Rh. The molecule has 0 fully saturated rings. The fourth-order valence-corrected chi connectivity index (χ4v) is 3.07. The molecule has 0 rings (SSSR count). The van der Waals surface area contributed by atoms with Gasteiger partial charge in [0.1, 0.15) is 0 Å². The molecule has 9 heteroatoms. The van der Waals surface area contributed by atoms with Crippen LogP contribution >= 0.6 is 0 Å². The van der Waals surface area contributed by atoms with Gasteiger partial charge < -0.3 is 0 Å². The standard InChI is InChI=1S/8CHO.Rh/c8*1-2;/h8*1H;. The quantitative estimate of drug-likeness (QED) is 0.360. The van der Waals surface area contributed by atoms with Gasteiger partial charge in [-0.2, -0.15) is 0 Å². The first-order chi connectivity index (χ1) is 7.66. The summed E-state index contributed by atoms with van der Waals surface area (Å²) >= 11 is 0. The van der Waals surface area contributed by atoms with Crippen LogP contribution in [0.5, 0.6) is 0 Å². The van der Waals surface area contributed by atoms with Gasteiger partial charge in [0.05, 0.1) is 0 Å². The van der Waals surface area contributed by atoms with Gasteiger partial charge in [-0.25, -0.2) is 0 Å². The summed E-state index contributed by atoms with van der Waals surface area (Å²) < 4.78 is 0. The fourth-order valence-electron chi connectivity index (χ4n) is 0.519. The van der Waals surface area contributed by atoms with Gasteiger partial charge in [-0.05, 0) is 0 Å². The average Bonchev–Trinajstić information content (AvgIpc) is 2.48. The number of carbonyl (C=O) groups is 8. The van der Waals surface area contributed by atoms with Crippen LogP contribution in [0.15, 0.2) is 0 Å². The molecule has 0 aromatic carbocycles. The summed E-state index contributed by atoms with van der Waals surface area (Å²) in [6.45, 7) is 0. The summed E-state index contributed by atoms with van der Waals surface area (Å²) in [5.74, 6) is 0. The Morgan fingerprint density at radius 3 is 0.471 bits per heavy atom. The van der Waals surface area contributed by atoms with E-state index in [9.17, 15) is 38.4 Å². The molecule has 8 nitrogen and oxygen atoms in total. The Labute approximate surface area is 87.8 Å². The molecule has 0 aliphatic carbocycles. The molecule has 17 heavy (non-hydrogen) atoms. The predicted octanol–water partition coefficient (Wildman–Crippen LogP) is -2.20. The Balaban J connectivity index is 8.48. The van der Waals surface area contributed by atoms with Crippen molar-refractivity contribution in [3.63, 3.8) is 0 Å². The molecule has 0 saturated heterocycles. The minimum absolute atomic E-state index is 1.01. The summed E-state index contributed by atoms with van der Waals surface area (Å²) in [7, 11) is -9.04. The van der Waals surface area contributed by atoms with Gasteiger partial charge in [-0.1, -0.05) is 0 Å². The summed E-state index contributed by atoms with van der Waals surface area (Å²) in [6, 6.07) is 0. The Kier molecular flexibility index (Phi) is 1.80. The van der Waals surface area contributed by atoms with Gasteiger partial charge in [0.2, 0.25) is 0 Å². The second-order valence-electron chi connectivity index (χ2n) is 3.74. The maximum atomic E-state index is 11.2. The monoisotopic (exact) mass is 335 g/mol. The zero-order valence-corrected chi connectivity index (χ0v) is 9.86. The molecular weight excluding hydrogens is 327 g/mol. The van der Waals surface area contributed by atoms with Crippen molar-refractivity contribution in [3.8, 4) is 0 Å². The van der Waals surface area contributed by atoms with Crippen LogP contribution in [0.1, 0.15) is 0 Å². The summed E-state index contributed by atoms with van der Waals surface area (Å²) in [5, 5.41) is 0. The van der Waals surface area contributed by atoms with E-state index in [4.69, 9.17) is 0 Å². The summed E-state index contributed by atoms with van der Waals surface area (Å²) in [4.78, 5) is 81.3. The van der Waals surface area contributed by atoms with E-state index < -0.39 is 49.1 Å². The second-order valence-corrected chi connectivity index (χ2v) is 22.1. The predicted molar refractivity (Wildman–Crippen MR) is 54.0 cm³/mol. The second kappa shape index (κ2) is 2.04. The van der Waals surface area contributed by atoms with Crippen LogP contribution in [0.2, 0.25) is 0 Å². The van der Waals surface area contributed by atoms with Crippen molar-refractivity contribution in [2.75, 3.05) is 0 Å². The molecule has 0 aromatic rings. The van der Waals surface area contributed by atoms with Crippen LogP contribution in [0.25, 0.3) is 0 Å². The van der Waals surface area contributed by atoms with Crippen molar-refractivity contribution in [1.29, 1.82) is 0 Å². The molecule has 0 bridgehead atoms. The SMILES string of the molecule is O=[CH][Rh]([CH]=O)([CH]=O)([CH]=O)([CH]=O)([CH]=O)([CH]=O)[CH]=O. The first-order valence-electron chi connectivity index (χ1n) is 3.43. The molecule has 0 atom stereocenters. The molecule has 97 valence electrons. The van der Waals surface area contributed by atoms with E-state index in [2.05, 4.69) is 0 Å². The van der Waals surface area contributed by atoms with Gasteiger partial charge >= 0.3 is 87.5 Å². The molecule has 0 heterocycles. The van der Waals surface area contributed by atoms with Crippen molar-refractivity contribution < 1.29 is 48.4 Å². The first kappa shape index (κ1) is 15.0. The molecule has 0 saturated carbocycles. The van der Waals surface area contributed by atoms with E-state index >= 15 is 0 Å². The Hall–Kier alpha value is -2.02. The van der Waals surface area contributed by atoms with Gasteiger partial charge in [-0.3, -0.25) is 0 Å². The van der Waals surface area contributed by atoms with Crippen LogP contribution in [0, 0.1) is 0 Å². The topological polar surface area (TPSA) is 137 Å². The van der Waals surface area contributed by atoms with Gasteiger partial charge in [0, 0.05) is 0 Å². The third-order valence-electron chi connectivity index (χ3n) is 2.54. The van der Waals surface area contributed by atoms with Crippen LogP contribution in [-0.4, -0.2) is 39.0 Å². The molecule has 0 amide bonds. The molecule has 0 spiro atoms. The third kappa shape index (κ3) is 0.689. The van der Waals surface area contributed by atoms with E-state index in [1.165, 1.54) is 0 Å². The average molecular weight is 335 g/mol. The Morgan fingerprint density at radius 2 is 0.471 bits per heavy atom. The van der Waals surface area contributed by atoms with E-state index in [1.807, 2.05) is 0 Å². The molecule has 0 radical (unpaired) electrons. The van der Waals surface area contributed by atoms with E-state index in [1.54, 1.807) is 0 Å². The van der Waals surface area contributed by atoms with Gasteiger partial charge in [-0.15, -0.1) is 0 Å². The maximum absolute atomic E-state index is 11.2. The van der Waals surface area contributed by atoms with E-state index in [0.29, 0.717) is 0 Å². The van der Waals surface area contributed by atoms with Gasteiger partial charge in [0.25, 0.3) is 0 Å². The summed E-state index contributed by atoms with van der Waals surface area (Å²) in [6.07, 6.45) is 0. The third-order valence-corrected chi connectivity index (χ3v) is 15.0. The number of hydrogen-bond donors (Lipinski definition) is 0. The van der Waals surface area contributed by atoms with E-state index in [0.717, 1.165) is 0 Å². The van der Waals surface area contributed by atoms with Crippen molar-refractivity contribution in [3.05, 3.63) is 0 Å². The number of hydrogen-bond acceptors (Lipinski definition) is 8. The molecule has 0 N–H and O–H groups in total. The molecule has 0 unspecified atom stereocenters. The normalized spacial score (nSPS) is 19.8. The molecule has 0 aliphatic rings. The number of carbonyl (C=O) groups excluding carboxylic acids is 8. The fraction of sp³-hybridized carbons (Fsp3) is 0.